The second kappa shape index (κ2) is 10.2. The topological polar surface area (TPSA) is 70.6 Å². The lowest BCUT2D eigenvalue weighted by molar-refractivity contribution is 0.0635. The van der Waals surface area contributed by atoms with Gasteiger partial charge in [-0.2, -0.15) is 0 Å². The number of carbonyl (C=O) groups excluding carboxylic acids is 1. The van der Waals surface area contributed by atoms with Crippen molar-refractivity contribution in [2.45, 2.75) is 30.3 Å². The molecule has 2 heterocycles. The Balaban J connectivity index is 1.32. The van der Waals surface area contributed by atoms with Gasteiger partial charge in [0.1, 0.15) is 11.6 Å². The van der Waals surface area contributed by atoms with Crippen LogP contribution in [0.3, 0.4) is 0 Å². The molecule has 1 aliphatic heterocycles. The predicted octanol–water partition coefficient (Wildman–Crippen LogP) is 4.17. The molecule has 1 amide bonds. The number of pyridine rings is 1. The molecule has 1 saturated heterocycles. The third kappa shape index (κ3) is 5.91. The van der Waals surface area contributed by atoms with E-state index in [1.807, 2.05) is 25.4 Å². The molecule has 35 heavy (non-hydrogen) atoms. The molecule has 6 nitrogen and oxygen atoms in total. The fourth-order valence-corrected chi connectivity index (χ4v) is 4.95. The molecule has 0 radical (unpaired) electrons. The Morgan fingerprint density at radius 3 is 2.31 bits per heavy atom. The van der Waals surface area contributed by atoms with Crippen LogP contribution < -0.4 is 0 Å². The van der Waals surface area contributed by atoms with E-state index < -0.39 is 27.4 Å². The van der Waals surface area contributed by atoms with Crippen LogP contribution in [0.1, 0.15) is 28.8 Å². The van der Waals surface area contributed by atoms with Gasteiger partial charge in [0.25, 0.3) is 5.91 Å². The zero-order valence-corrected chi connectivity index (χ0v) is 20.4. The first-order valence-electron chi connectivity index (χ1n) is 11.3. The first kappa shape index (κ1) is 24.9. The van der Waals surface area contributed by atoms with E-state index in [4.69, 9.17) is 0 Å². The third-order valence-electron chi connectivity index (χ3n) is 6.37. The van der Waals surface area contributed by atoms with Gasteiger partial charge in [0.05, 0.1) is 16.2 Å². The first-order valence-corrected chi connectivity index (χ1v) is 13.2. The Bertz CT molecular complexity index is 1300. The molecule has 184 valence electrons. The van der Waals surface area contributed by atoms with Crippen LogP contribution in [0, 0.1) is 11.6 Å². The number of piperidine rings is 1. The summed E-state index contributed by atoms with van der Waals surface area (Å²) in [6, 6.07) is 13.9. The molecule has 0 N–H and O–H groups in total. The summed E-state index contributed by atoms with van der Waals surface area (Å²) >= 11 is 0. The number of benzene rings is 2. The van der Waals surface area contributed by atoms with Gasteiger partial charge in [-0.1, -0.05) is 18.2 Å². The van der Waals surface area contributed by atoms with Crippen molar-refractivity contribution < 1.29 is 22.0 Å². The highest BCUT2D eigenvalue weighted by Crippen LogP contribution is 2.23. The van der Waals surface area contributed by atoms with E-state index in [0.717, 1.165) is 41.8 Å². The van der Waals surface area contributed by atoms with Gasteiger partial charge >= 0.3 is 0 Å². The summed E-state index contributed by atoms with van der Waals surface area (Å²) < 4.78 is 50.4. The van der Waals surface area contributed by atoms with Gasteiger partial charge < -0.3 is 4.90 Å². The average Bonchev–Trinajstić information content (AvgIpc) is 2.84. The number of halogens is 2. The zero-order chi connectivity index (χ0) is 25.2. The Morgan fingerprint density at radius 1 is 1.06 bits per heavy atom. The van der Waals surface area contributed by atoms with Crippen LogP contribution in [0.15, 0.2) is 65.7 Å². The van der Waals surface area contributed by atoms with Crippen LogP contribution in [0.2, 0.25) is 0 Å². The third-order valence-corrected chi connectivity index (χ3v) is 7.50. The van der Waals surface area contributed by atoms with E-state index in [1.165, 1.54) is 12.3 Å². The summed E-state index contributed by atoms with van der Waals surface area (Å²) in [7, 11) is -1.21. The smallest absolute Gasteiger partial charge is 0.256 e. The highest BCUT2D eigenvalue weighted by molar-refractivity contribution is 7.90. The van der Waals surface area contributed by atoms with Gasteiger partial charge in [-0.15, -0.1) is 0 Å². The van der Waals surface area contributed by atoms with Crippen molar-refractivity contribution in [2.75, 3.05) is 26.4 Å². The van der Waals surface area contributed by atoms with Gasteiger partial charge in [-0.25, -0.2) is 17.2 Å². The van der Waals surface area contributed by atoms with Crippen molar-refractivity contribution in [1.82, 2.24) is 14.8 Å². The first-order chi connectivity index (χ1) is 16.6. The molecular weight excluding hydrogens is 472 g/mol. The molecule has 4 rings (SSSR count). The molecule has 2 aromatic carbocycles. The Labute approximate surface area is 204 Å². The Hall–Kier alpha value is -3.17. The van der Waals surface area contributed by atoms with Crippen LogP contribution in [0.5, 0.6) is 0 Å². The number of likely N-dealkylation sites (tertiary alicyclic amines) is 1. The molecule has 0 unspecified atom stereocenters. The lowest BCUT2D eigenvalue weighted by Gasteiger charge is -2.36. The maximum absolute atomic E-state index is 14.0. The number of rotatable bonds is 6. The van der Waals surface area contributed by atoms with Gasteiger partial charge in [0.15, 0.2) is 9.84 Å². The lowest BCUT2D eigenvalue weighted by Crippen LogP contribution is -2.45. The summed E-state index contributed by atoms with van der Waals surface area (Å²) in [6.45, 7) is 1.70. The largest absolute Gasteiger partial charge is 0.338 e. The summed E-state index contributed by atoms with van der Waals surface area (Å²) in [5.74, 6) is -1.95. The Kier molecular flexibility index (Phi) is 7.28. The molecule has 1 aromatic heterocycles. The fraction of sp³-hybridized carbons (Fsp3) is 0.308. The quantitative estimate of drug-likeness (QED) is 0.509. The van der Waals surface area contributed by atoms with Crippen molar-refractivity contribution in [3.05, 3.63) is 83.6 Å². The van der Waals surface area contributed by atoms with Crippen LogP contribution in [-0.2, 0) is 16.4 Å². The minimum Gasteiger partial charge on any atom is -0.338 e. The maximum atomic E-state index is 14.0. The standard InChI is InChI=1S/C26H27F2N3O3S/c1-30(21-11-13-31(14-12-21)26(32)23-9-6-20(27)15-24(23)28)17-18-3-10-25(29-16-18)19-4-7-22(8-5-19)35(2,33)34/h3-10,15-16,21H,11-14,17H2,1-2H3. The molecule has 9 heteroatoms. The molecule has 0 bridgehead atoms. The van der Waals surface area contributed by atoms with Crippen molar-refractivity contribution >= 4 is 15.7 Å². The molecule has 0 aliphatic carbocycles. The van der Waals surface area contributed by atoms with E-state index in [0.29, 0.717) is 19.6 Å². The number of hydrogen-bond acceptors (Lipinski definition) is 5. The number of hydrogen-bond donors (Lipinski definition) is 0. The van der Waals surface area contributed by atoms with Gasteiger partial charge in [0, 0.05) is 49.8 Å². The van der Waals surface area contributed by atoms with Crippen molar-refractivity contribution in [3.8, 4) is 11.3 Å². The molecule has 0 atom stereocenters. The van der Waals surface area contributed by atoms with E-state index in [1.54, 1.807) is 29.2 Å². The molecule has 1 aliphatic rings. The summed E-state index contributed by atoms with van der Waals surface area (Å²) in [5, 5.41) is 0. The molecular formula is C26H27F2N3O3S. The van der Waals surface area contributed by atoms with Gasteiger partial charge in [-0.05, 0) is 55.8 Å². The normalized spacial score (nSPS) is 14.9. The summed E-state index contributed by atoms with van der Waals surface area (Å²) in [4.78, 5) is 21.3. The van der Waals surface area contributed by atoms with E-state index in [9.17, 15) is 22.0 Å². The highest BCUT2D eigenvalue weighted by Gasteiger charge is 2.27. The predicted molar refractivity (Wildman–Crippen MR) is 130 cm³/mol. The monoisotopic (exact) mass is 499 g/mol. The SMILES string of the molecule is CN(Cc1ccc(-c2ccc(S(C)(=O)=O)cc2)nc1)C1CCN(C(=O)c2ccc(F)cc2F)CC1. The Morgan fingerprint density at radius 2 is 1.74 bits per heavy atom. The average molecular weight is 500 g/mol. The minimum atomic E-state index is -3.24. The zero-order valence-electron chi connectivity index (χ0n) is 19.6. The van der Waals surface area contributed by atoms with E-state index in [-0.39, 0.29) is 16.5 Å². The number of sulfone groups is 1. The van der Waals surface area contributed by atoms with Crippen LogP contribution in [-0.4, -0.2) is 61.5 Å². The van der Waals surface area contributed by atoms with Crippen molar-refractivity contribution in [1.29, 1.82) is 0 Å². The second-order valence-electron chi connectivity index (χ2n) is 8.91. The molecule has 0 saturated carbocycles. The van der Waals surface area contributed by atoms with Crippen LogP contribution in [0.25, 0.3) is 11.3 Å². The summed E-state index contributed by atoms with van der Waals surface area (Å²) in [6.07, 6.45) is 4.50. The highest BCUT2D eigenvalue weighted by atomic mass is 32.2. The van der Waals surface area contributed by atoms with E-state index >= 15 is 0 Å². The number of aromatic nitrogens is 1. The maximum Gasteiger partial charge on any atom is 0.256 e. The number of nitrogens with zero attached hydrogens (tertiary/aromatic N) is 3. The molecule has 0 spiro atoms. The van der Waals surface area contributed by atoms with Crippen molar-refractivity contribution in [3.63, 3.8) is 0 Å². The van der Waals surface area contributed by atoms with Crippen LogP contribution in [0.4, 0.5) is 8.78 Å². The van der Waals surface area contributed by atoms with Gasteiger partial charge in [0.2, 0.25) is 0 Å². The summed E-state index contributed by atoms with van der Waals surface area (Å²) in [5.41, 5.74) is 2.54. The van der Waals surface area contributed by atoms with Crippen LogP contribution >= 0.6 is 0 Å². The van der Waals surface area contributed by atoms with Crippen molar-refractivity contribution in [2.24, 2.45) is 0 Å². The fourth-order valence-electron chi connectivity index (χ4n) is 4.32. The lowest BCUT2D eigenvalue weighted by atomic mass is 10.0. The molecule has 3 aromatic rings. The molecule has 1 fully saturated rings. The second-order valence-corrected chi connectivity index (χ2v) is 10.9. The minimum absolute atomic E-state index is 0.102. The number of carbonyl (C=O) groups is 1. The van der Waals surface area contributed by atoms with Gasteiger partial charge in [-0.3, -0.25) is 14.7 Å². The number of amides is 1. The van der Waals surface area contributed by atoms with E-state index in [2.05, 4.69) is 9.88 Å².